The van der Waals surface area contributed by atoms with Crippen LogP contribution >= 0.6 is 35.0 Å². The van der Waals surface area contributed by atoms with E-state index in [0.29, 0.717) is 22.0 Å². The Bertz CT molecular complexity index is 887. The van der Waals surface area contributed by atoms with Crippen molar-refractivity contribution in [2.45, 2.75) is 17.7 Å². The van der Waals surface area contributed by atoms with Crippen LogP contribution in [0.4, 0.5) is 6.01 Å². The number of hydrogen-bond acceptors (Lipinski definition) is 5. The molecule has 0 unspecified atom stereocenters. The molecule has 0 aliphatic rings. The number of hydrogen-bond donors (Lipinski definition) is 1. The van der Waals surface area contributed by atoms with E-state index in [1.165, 1.54) is 4.90 Å². The van der Waals surface area contributed by atoms with Gasteiger partial charge < -0.3 is 4.42 Å². The van der Waals surface area contributed by atoms with Crippen LogP contribution in [0.25, 0.3) is 11.5 Å². The summed E-state index contributed by atoms with van der Waals surface area (Å²) in [6, 6.07) is 15.1. The number of aromatic nitrogens is 2. The van der Waals surface area contributed by atoms with Crippen molar-refractivity contribution in [2.75, 3.05) is 11.1 Å². The number of carbonyl (C=O) groups excluding carboxylic acids is 1. The Kier molecular flexibility index (Phi) is 6.55. The number of benzene rings is 2. The van der Waals surface area contributed by atoms with Crippen molar-refractivity contribution >= 4 is 46.9 Å². The molecule has 0 spiro atoms. The molecule has 134 valence electrons. The van der Waals surface area contributed by atoms with Gasteiger partial charge in [-0.2, -0.15) is 0 Å². The zero-order valence-electron chi connectivity index (χ0n) is 13.6. The van der Waals surface area contributed by atoms with Crippen LogP contribution in [0.3, 0.4) is 0 Å². The normalized spacial score (nSPS) is 10.7. The van der Waals surface area contributed by atoms with Gasteiger partial charge in [0.15, 0.2) is 0 Å². The minimum absolute atomic E-state index is 0.0479. The molecule has 5 nitrogen and oxygen atoms in total. The zero-order chi connectivity index (χ0) is 18.4. The van der Waals surface area contributed by atoms with E-state index in [4.69, 9.17) is 27.6 Å². The molecule has 2 aromatic carbocycles. The summed E-state index contributed by atoms with van der Waals surface area (Å²) >= 11 is 13.7. The average Bonchev–Trinajstić information content (AvgIpc) is 3.07. The number of carbonyl (C=O) groups is 1. The van der Waals surface area contributed by atoms with Crippen LogP contribution in [-0.4, -0.2) is 21.9 Å². The van der Waals surface area contributed by atoms with Crippen LogP contribution in [-0.2, 0) is 4.79 Å². The second-order valence-corrected chi connectivity index (χ2v) is 7.36. The summed E-state index contributed by atoms with van der Waals surface area (Å²) in [4.78, 5) is 13.2. The number of anilines is 1. The number of thioether (sulfide) groups is 1. The molecular formula is C18H15Cl2N3O2S. The molecule has 1 amide bonds. The van der Waals surface area contributed by atoms with Gasteiger partial charge in [0, 0.05) is 16.3 Å². The molecule has 3 aromatic rings. The first-order valence-corrected chi connectivity index (χ1v) is 9.62. The van der Waals surface area contributed by atoms with Crippen LogP contribution in [0.1, 0.15) is 12.8 Å². The lowest BCUT2D eigenvalue weighted by Gasteiger charge is -2.02. The molecule has 1 heterocycles. The van der Waals surface area contributed by atoms with E-state index >= 15 is 0 Å². The highest BCUT2D eigenvalue weighted by atomic mass is 35.5. The predicted octanol–water partition coefficient (Wildman–Crippen LogP) is 5.55. The number of amides is 1. The molecule has 3 rings (SSSR count). The molecule has 0 atom stereocenters. The second kappa shape index (κ2) is 9.07. The molecule has 0 aliphatic carbocycles. The highest BCUT2D eigenvalue weighted by Gasteiger charge is 2.14. The van der Waals surface area contributed by atoms with Crippen molar-refractivity contribution < 1.29 is 9.21 Å². The monoisotopic (exact) mass is 407 g/mol. The largest absolute Gasteiger partial charge is 0.403 e. The molecule has 26 heavy (non-hydrogen) atoms. The topological polar surface area (TPSA) is 68.0 Å². The van der Waals surface area contributed by atoms with Crippen molar-refractivity contribution in [2.24, 2.45) is 0 Å². The molecule has 1 N–H and O–H groups in total. The molecule has 0 saturated carbocycles. The van der Waals surface area contributed by atoms with Crippen LogP contribution in [0, 0.1) is 0 Å². The maximum atomic E-state index is 12.0. The SMILES string of the molecule is O=C(CCCSc1ccccc1)Nc1nnc(-c2ccc(Cl)cc2Cl)o1. The standard InChI is InChI=1S/C18H15Cl2N3O2S/c19-12-8-9-14(15(20)11-12)17-22-23-18(25-17)21-16(24)7-4-10-26-13-5-2-1-3-6-13/h1-3,5-6,8-9,11H,4,7,10H2,(H,21,23,24). The van der Waals surface area contributed by atoms with Gasteiger partial charge in [-0.05, 0) is 42.5 Å². The number of nitrogens with one attached hydrogen (secondary N) is 1. The van der Waals surface area contributed by atoms with Gasteiger partial charge in [0.2, 0.25) is 5.91 Å². The second-order valence-electron chi connectivity index (χ2n) is 5.35. The van der Waals surface area contributed by atoms with Crippen LogP contribution in [0.15, 0.2) is 57.8 Å². The summed E-state index contributed by atoms with van der Waals surface area (Å²) in [6.07, 6.45) is 1.12. The maximum Gasteiger partial charge on any atom is 0.322 e. The highest BCUT2D eigenvalue weighted by molar-refractivity contribution is 7.99. The molecule has 0 radical (unpaired) electrons. The van der Waals surface area contributed by atoms with Gasteiger partial charge in [0.1, 0.15) is 0 Å². The molecular weight excluding hydrogens is 393 g/mol. The third-order valence-corrected chi connectivity index (χ3v) is 5.04. The lowest BCUT2D eigenvalue weighted by Crippen LogP contribution is -2.11. The van der Waals surface area contributed by atoms with E-state index in [2.05, 4.69) is 15.5 Å². The number of nitrogens with zero attached hydrogens (tertiary/aromatic N) is 2. The summed E-state index contributed by atoms with van der Waals surface area (Å²) in [5.74, 6) is 0.907. The first kappa shape index (κ1) is 18.8. The highest BCUT2D eigenvalue weighted by Crippen LogP contribution is 2.30. The summed E-state index contributed by atoms with van der Waals surface area (Å²) in [5.41, 5.74) is 0.559. The zero-order valence-corrected chi connectivity index (χ0v) is 15.9. The van der Waals surface area contributed by atoms with Crippen molar-refractivity contribution in [3.8, 4) is 11.5 Å². The summed E-state index contributed by atoms with van der Waals surface area (Å²) in [7, 11) is 0. The Morgan fingerprint density at radius 2 is 1.92 bits per heavy atom. The van der Waals surface area contributed by atoms with Crippen molar-refractivity contribution in [1.29, 1.82) is 0 Å². The number of halogens is 2. The molecule has 0 saturated heterocycles. The van der Waals surface area contributed by atoms with Gasteiger partial charge in [-0.3, -0.25) is 10.1 Å². The van der Waals surface area contributed by atoms with Gasteiger partial charge in [0.25, 0.3) is 5.89 Å². The van der Waals surface area contributed by atoms with Crippen molar-refractivity contribution in [3.05, 3.63) is 58.6 Å². The summed E-state index contributed by atoms with van der Waals surface area (Å²) in [5, 5.41) is 11.2. The van der Waals surface area contributed by atoms with Crippen LogP contribution < -0.4 is 5.32 Å². The predicted molar refractivity (Wildman–Crippen MR) is 105 cm³/mol. The minimum atomic E-state index is -0.170. The van der Waals surface area contributed by atoms with E-state index in [-0.39, 0.29) is 17.8 Å². The van der Waals surface area contributed by atoms with E-state index in [0.717, 1.165) is 12.2 Å². The first-order valence-electron chi connectivity index (χ1n) is 7.88. The van der Waals surface area contributed by atoms with Crippen LogP contribution in [0.2, 0.25) is 10.0 Å². The fourth-order valence-corrected chi connectivity index (χ4v) is 3.53. The Balaban J connectivity index is 1.48. The Hall–Kier alpha value is -2.02. The first-order chi connectivity index (χ1) is 12.6. The van der Waals surface area contributed by atoms with Gasteiger partial charge in [0.05, 0.1) is 10.6 Å². The third kappa shape index (κ3) is 5.24. The van der Waals surface area contributed by atoms with Gasteiger partial charge >= 0.3 is 6.01 Å². The molecule has 0 fully saturated rings. The lowest BCUT2D eigenvalue weighted by atomic mass is 10.2. The van der Waals surface area contributed by atoms with Gasteiger partial charge in [-0.15, -0.1) is 16.9 Å². The Morgan fingerprint density at radius 1 is 1.12 bits per heavy atom. The van der Waals surface area contributed by atoms with E-state index < -0.39 is 0 Å². The van der Waals surface area contributed by atoms with Gasteiger partial charge in [-0.1, -0.05) is 46.5 Å². The van der Waals surface area contributed by atoms with Crippen molar-refractivity contribution in [1.82, 2.24) is 10.2 Å². The quantitative estimate of drug-likeness (QED) is 0.410. The molecule has 0 bridgehead atoms. The number of rotatable bonds is 7. The smallest absolute Gasteiger partial charge is 0.322 e. The Labute approximate surface area is 165 Å². The van der Waals surface area contributed by atoms with E-state index in [9.17, 15) is 4.79 Å². The summed E-state index contributed by atoms with van der Waals surface area (Å²) < 4.78 is 5.45. The summed E-state index contributed by atoms with van der Waals surface area (Å²) in [6.45, 7) is 0. The van der Waals surface area contributed by atoms with E-state index in [1.807, 2.05) is 30.3 Å². The lowest BCUT2D eigenvalue weighted by molar-refractivity contribution is -0.116. The van der Waals surface area contributed by atoms with Crippen molar-refractivity contribution in [3.63, 3.8) is 0 Å². The fraction of sp³-hybridized carbons (Fsp3) is 0.167. The van der Waals surface area contributed by atoms with E-state index in [1.54, 1.807) is 30.0 Å². The minimum Gasteiger partial charge on any atom is -0.403 e. The molecule has 0 aliphatic heterocycles. The third-order valence-electron chi connectivity index (χ3n) is 3.39. The van der Waals surface area contributed by atoms with Gasteiger partial charge in [-0.25, -0.2) is 0 Å². The maximum absolute atomic E-state index is 12.0. The molecule has 1 aromatic heterocycles. The fourth-order valence-electron chi connectivity index (χ4n) is 2.17. The Morgan fingerprint density at radius 3 is 2.69 bits per heavy atom. The molecule has 8 heteroatoms. The van der Waals surface area contributed by atoms with Crippen LogP contribution in [0.5, 0.6) is 0 Å². The average molecular weight is 408 g/mol.